The van der Waals surface area contributed by atoms with Crippen LogP contribution in [-0.2, 0) is 6.54 Å². The van der Waals surface area contributed by atoms with Gasteiger partial charge in [-0.15, -0.1) is 12.4 Å². The fraction of sp³-hybridized carbons (Fsp3) is 0.500. The van der Waals surface area contributed by atoms with Gasteiger partial charge in [0.15, 0.2) is 11.5 Å². The third-order valence-corrected chi connectivity index (χ3v) is 3.13. The van der Waals surface area contributed by atoms with Crippen LogP contribution in [0, 0.1) is 0 Å². The van der Waals surface area contributed by atoms with Gasteiger partial charge in [0.05, 0.1) is 11.1 Å². The number of benzene rings is 1. The molecule has 0 spiro atoms. The zero-order valence-corrected chi connectivity index (χ0v) is 15.6. The van der Waals surface area contributed by atoms with Crippen molar-refractivity contribution >= 4 is 28.3 Å². The van der Waals surface area contributed by atoms with Crippen molar-refractivity contribution in [3.63, 3.8) is 0 Å². The molecule has 0 radical (unpaired) electrons. The summed E-state index contributed by atoms with van der Waals surface area (Å²) in [5, 5.41) is 3.46. The number of ether oxygens (including phenoxy) is 2. The number of rotatable bonds is 7. The summed E-state index contributed by atoms with van der Waals surface area (Å²) in [7, 11) is 0. The number of hydrogen-bond acceptors (Lipinski definition) is 3. The van der Waals surface area contributed by atoms with E-state index in [4.69, 9.17) is 9.47 Å². The molecule has 0 atom stereocenters. The van der Waals surface area contributed by atoms with E-state index in [1.165, 1.54) is 0 Å². The largest absolute Gasteiger partial charge is 0.490 e. The lowest BCUT2D eigenvalue weighted by atomic mass is 10.1. The molecule has 1 aromatic carbocycles. The van der Waals surface area contributed by atoms with Gasteiger partial charge < -0.3 is 14.8 Å². The summed E-state index contributed by atoms with van der Waals surface area (Å²) >= 11 is 3.55. The summed E-state index contributed by atoms with van der Waals surface area (Å²) in [5.41, 5.74) is 1.23. The molecule has 0 bridgehead atoms. The second kappa shape index (κ2) is 9.34. The van der Waals surface area contributed by atoms with E-state index in [2.05, 4.69) is 54.7 Å². The Balaban J connectivity index is 0.00000400. The van der Waals surface area contributed by atoms with Crippen LogP contribution in [-0.4, -0.2) is 18.8 Å². The highest BCUT2D eigenvalue weighted by molar-refractivity contribution is 9.10. The molecule has 0 fully saturated rings. The van der Waals surface area contributed by atoms with E-state index in [1.54, 1.807) is 6.08 Å². The number of nitrogens with one attached hydrogen (secondary N) is 1. The van der Waals surface area contributed by atoms with Crippen molar-refractivity contribution in [2.75, 3.05) is 13.2 Å². The summed E-state index contributed by atoms with van der Waals surface area (Å²) in [5.74, 6) is 1.49. The van der Waals surface area contributed by atoms with Gasteiger partial charge in [-0.2, -0.15) is 0 Å². The van der Waals surface area contributed by atoms with E-state index in [0.717, 1.165) is 28.1 Å². The summed E-state index contributed by atoms with van der Waals surface area (Å²) < 4.78 is 12.2. The van der Waals surface area contributed by atoms with Crippen LogP contribution in [0.2, 0.25) is 0 Å². The van der Waals surface area contributed by atoms with Crippen LogP contribution in [0.5, 0.6) is 11.5 Å². The SMILES string of the molecule is C=CCOc1c(Br)cc(CNC(C)(C)C)cc1OCC.Cl. The number of halogens is 2. The van der Waals surface area contributed by atoms with Crippen molar-refractivity contribution in [1.82, 2.24) is 5.32 Å². The van der Waals surface area contributed by atoms with E-state index in [0.29, 0.717) is 13.2 Å². The molecule has 0 aromatic heterocycles. The Morgan fingerprint density at radius 1 is 1.29 bits per heavy atom. The van der Waals surface area contributed by atoms with Gasteiger partial charge in [-0.1, -0.05) is 12.7 Å². The van der Waals surface area contributed by atoms with Crippen molar-refractivity contribution in [2.45, 2.75) is 39.8 Å². The van der Waals surface area contributed by atoms with Gasteiger partial charge in [-0.3, -0.25) is 0 Å². The van der Waals surface area contributed by atoms with Crippen LogP contribution in [0.3, 0.4) is 0 Å². The molecule has 1 aromatic rings. The maximum absolute atomic E-state index is 5.67. The molecule has 3 nitrogen and oxygen atoms in total. The second-order valence-electron chi connectivity index (χ2n) is 5.54. The van der Waals surface area contributed by atoms with E-state index in [9.17, 15) is 0 Å². The first-order chi connectivity index (χ1) is 9.37. The monoisotopic (exact) mass is 377 g/mol. The zero-order valence-electron chi connectivity index (χ0n) is 13.2. The molecule has 1 N–H and O–H groups in total. The third-order valence-electron chi connectivity index (χ3n) is 2.54. The fourth-order valence-corrected chi connectivity index (χ4v) is 2.24. The quantitative estimate of drug-likeness (QED) is 0.696. The predicted octanol–water partition coefficient (Wildman–Crippen LogP) is 4.72. The molecular formula is C16H25BrClNO2. The smallest absolute Gasteiger partial charge is 0.175 e. The first kappa shape index (κ1) is 20.3. The van der Waals surface area contributed by atoms with Gasteiger partial charge in [0.1, 0.15) is 6.61 Å². The van der Waals surface area contributed by atoms with Gasteiger partial charge in [-0.05, 0) is 61.3 Å². The third kappa shape index (κ3) is 7.21. The van der Waals surface area contributed by atoms with Gasteiger partial charge in [0.2, 0.25) is 0 Å². The Kier molecular flexibility index (Phi) is 9.02. The molecule has 0 amide bonds. The highest BCUT2D eigenvalue weighted by Crippen LogP contribution is 2.37. The average Bonchev–Trinajstić information content (AvgIpc) is 2.35. The Morgan fingerprint density at radius 3 is 2.48 bits per heavy atom. The zero-order chi connectivity index (χ0) is 15.2. The van der Waals surface area contributed by atoms with E-state index in [-0.39, 0.29) is 17.9 Å². The standard InChI is InChI=1S/C16H24BrNO2.ClH/c1-6-8-20-15-13(17)9-12(10-14(15)19-7-2)11-18-16(3,4)5;/h6,9-10,18H,1,7-8,11H2,2-5H3;1H. The summed E-state index contributed by atoms with van der Waals surface area (Å²) in [6.45, 7) is 13.9. The molecule has 0 heterocycles. The summed E-state index contributed by atoms with van der Waals surface area (Å²) in [6.07, 6.45) is 1.72. The molecule has 0 saturated carbocycles. The maximum Gasteiger partial charge on any atom is 0.175 e. The van der Waals surface area contributed by atoms with E-state index >= 15 is 0 Å². The highest BCUT2D eigenvalue weighted by atomic mass is 79.9. The minimum atomic E-state index is 0. The van der Waals surface area contributed by atoms with Crippen molar-refractivity contribution in [3.05, 3.63) is 34.8 Å². The predicted molar refractivity (Wildman–Crippen MR) is 94.8 cm³/mol. The Labute approximate surface area is 142 Å². The molecule has 0 aliphatic heterocycles. The second-order valence-corrected chi connectivity index (χ2v) is 6.40. The van der Waals surface area contributed by atoms with Gasteiger partial charge in [0.25, 0.3) is 0 Å². The first-order valence-electron chi connectivity index (χ1n) is 6.81. The molecule has 0 aliphatic carbocycles. The molecule has 0 aliphatic rings. The van der Waals surface area contributed by atoms with Crippen molar-refractivity contribution in [2.24, 2.45) is 0 Å². The first-order valence-corrected chi connectivity index (χ1v) is 7.60. The van der Waals surface area contributed by atoms with Crippen LogP contribution in [0.15, 0.2) is 29.3 Å². The summed E-state index contributed by atoms with van der Waals surface area (Å²) in [6, 6.07) is 4.07. The Morgan fingerprint density at radius 2 is 1.95 bits per heavy atom. The van der Waals surface area contributed by atoms with Crippen LogP contribution in [0.4, 0.5) is 0 Å². The minimum Gasteiger partial charge on any atom is -0.490 e. The Hall–Kier alpha value is -0.710. The van der Waals surface area contributed by atoms with Crippen molar-refractivity contribution < 1.29 is 9.47 Å². The lowest BCUT2D eigenvalue weighted by Gasteiger charge is -2.21. The number of hydrogen-bond donors (Lipinski definition) is 1. The van der Waals surface area contributed by atoms with E-state index < -0.39 is 0 Å². The maximum atomic E-state index is 5.67. The fourth-order valence-electron chi connectivity index (χ4n) is 1.64. The molecule has 1 rings (SSSR count). The topological polar surface area (TPSA) is 30.5 Å². The molecule has 120 valence electrons. The van der Waals surface area contributed by atoms with Crippen LogP contribution in [0.25, 0.3) is 0 Å². The van der Waals surface area contributed by atoms with E-state index in [1.807, 2.05) is 13.0 Å². The lowest BCUT2D eigenvalue weighted by molar-refractivity contribution is 0.295. The molecule has 5 heteroatoms. The van der Waals surface area contributed by atoms with Gasteiger partial charge in [-0.25, -0.2) is 0 Å². The van der Waals surface area contributed by atoms with Gasteiger partial charge >= 0.3 is 0 Å². The highest BCUT2D eigenvalue weighted by Gasteiger charge is 2.14. The molecular weight excluding hydrogens is 354 g/mol. The summed E-state index contributed by atoms with van der Waals surface area (Å²) in [4.78, 5) is 0. The van der Waals surface area contributed by atoms with Crippen molar-refractivity contribution in [1.29, 1.82) is 0 Å². The normalized spacial score (nSPS) is 10.7. The van der Waals surface area contributed by atoms with Crippen LogP contribution in [0.1, 0.15) is 33.3 Å². The van der Waals surface area contributed by atoms with Crippen LogP contribution >= 0.6 is 28.3 Å². The molecule has 0 saturated heterocycles. The van der Waals surface area contributed by atoms with Crippen molar-refractivity contribution in [3.8, 4) is 11.5 Å². The molecule has 0 unspecified atom stereocenters. The van der Waals surface area contributed by atoms with Gasteiger partial charge in [0, 0.05) is 12.1 Å². The Bertz CT molecular complexity index is 458. The molecule has 21 heavy (non-hydrogen) atoms. The minimum absolute atomic E-state index is 0. The average molecular weight is 379 g/mol. The van der Waals surface area contributed by atoms with Crippen LogP contribution < -0.4 is 14.8 Å². The lowest BCUT2D eigenvalue weighted by Crippen LogP contribution is -2.35.